The van der Waals surface area contributed by atoms with Crippen LogP contribution in [0.4, 0.5) is 0 Å². The highest BCUT2D eigenvalue weighted by Crippen LogP contribution is 2.27. The van der Waals surface area contributed by atoms with E-state index in [9.17, 15) is 5.11 Å². The van der Waals surface area contributed by atoms with Crippen molar-refractivity contribution in [2.75, 3.05) is 13.1 Å². The number of nitrogens with zero attached hydrogens (tertiary/aromatic N) is 1. The fourth-order valence-electron chi connectivity index (χ4n) is 2.79. The molecule has 2 fully saturated rings. The fourth-order valence-corrected chi connectivity index (χ4v) is 2.79. The largest absolute Gasteiger partial charge is 0.391 e. The summed E-state index contributed by atoms with van der Waals surface area (Å²) >= 11 is 0. The number of aliphatic hydroxyl groups is 1. The lowest BCUT2D eigenvalue weighted by atomic mass is 9.91. The minimum absolute atomic E-state index is 0.0425. The summed E-state index contributed by atoms with van der Waals surface area (Å²) in [7, 11) is 0. The highest BCUT2D eigenvalue weighted by atomic mass is 16.3. The van der Waals surface area contributed by atoms with Gasteiger partial charge < -0.3 is 5.11 Å². The minimum atomic E-state index is -0.0425. The first kappa shape index (κ1) is 9.47. The molecule has 0 amide bonds. The van der Waals surface area contributed by atoms with Crippen LogP contribution in [0, 0.1) is 5.92 Å². The zero-order valence-corrected chi connectivity index (χ0v) is 8.58. The van der Waals surface area contributed by atoms with Crippen molar-refractivity contribution in [1.29, 1.82) is 0 Å². The van der Waals surface area contributed by atoms with E-state index in [0.29, 0.717) is 6.04 Å². The molecule has 1 N–H and O–H groups in total. The van der Waals surface area contributed by atoms with Gasteiger partial charge in [-0.1, -0.05) is 19.8 Å². The molecule has 2 aliphatic rings. The molecule has 2 heteroatoms. The van der Waals surface area contributed by atoms with Crippen molar-refractivity contribution in [3.63, 3.8) is 0 Å². The molecule has 1 saturated heterocycles. The van der Waals surface area contributed by atoms with Crippen LogP contribution in [0.5, 0.6) is 0 Å². The Bertz CT molecular complexity index is 171. The van der Waals surface area contributed by atoms with E-state index in [0.717, 1.165) is 12.3 Å². The molecule has 1 aliphatic heterocycles. The van der Waals surface area contributed by atoms with Gasteiger partial charge in [-0.2, -0.15) is 0 Å². The zero-order chi connectivity index (χ0) is 9.26. The molecule has 1 heterocycles. The van der Waals surface area contributed by atoms with Gasteiger partial charge in [0.15, 0.2) is 0 Å². The van der Waals surface area contributed by atoms with Crippen molar-refractivity contribution in [3.8, 4) is 0 Å². The van der Waals surface area contributed by atoms with E-state index in [2.05, 4.69) is 11.8 Å². The van der Waals surface area contributed by atoms with Crippen LogP contribution in [-0.2, 0) is 0 Å². The summed E-state index contributed by atoms with van der Waals surface area (Å²) in [5.74, 6) is 0.842. The molecule has 0 aromatic carbocycles. The molecule has 76 valence electrons. The van der Waals surface area contributed by atoms with Crippen LogP contribution in [0.1, 0.15) is 39.0 Å². The Kier molecular flexibility index (Phi) is 2.89. The number of rotatable bonds is 1. The summed E-state index contributed by atoms with van der Waals surface area (Å²) in [5.41, 5.74) is 0. The fraction of sp³-hybridized carbons (Fsp3) is 1.00. The smallest absolute Gasteiger partial charge is 0.0695 e. The highest BCUT2D eigenvalue weighted by molar-refractivity contribution is 4.86. The maximum absolute atomic E-state index is 9.87. The minimum Gasteiger partial charge on any atom is -0.391 e. The summed E-state index contributed by atoms with van der Waals surface area (Å²) in [6.07, 6.45) is 6.05. The van der Waals surface area contributed by atoms with E-state index in [-0.39, 0.29) is 6.10 Å². The number of aliphatic hydroxyl groups excluding tert-OH is 1. The van der Waals surface area contributed by atoms with E-state index < -0.39 is 0 Å². The SMILES string of the molecule is C[C@@H]1CCN([C@@H]2CCCC[C@@H]2O)C1. The standard InChI is InChI=1S/C11H21NO/c1-9-6-7-12(8-9)10-4-2-3-5-11(10)13/h9-11,13H,2-8H2,1H3/t9-,10-,11+/m1/s1. The lowest BCUT2D eigenvalue weighted by Gasteiger charge is -2.35. The van der Waals surface area contributed by atoms with Crippen LogP contribution in [0.25, 0.3) is 0 Å². The van der Waals surface area contributed by atoms with Crippen LogP contribution >= 0.6 is 0 Å². The Morgan fingerprint density at radius 1 is 1.15 bits per heavy atom. The maximum atomic E-state index is 9.87. The van der Waals surface area contributed by atoms with Gasteiger partial charge in [-0.15, -0.1) is 0 Å². The van der Waals surface area contributed by atoms with Crippen molar-refractivity contribution in [3.05, 3.63) is 0 Å². The molecule has 0 unspecified atom stereocenters. The van der Waals surface area contributed by atoms with Gasteiger partial charge in [0, 0.05) is 12.6 Å². The van der Waals surface area contributed by atoms with E-state index in [1.165, 1.54) is 38.8 Å². The van der Waals surface area contributed by atoms with Gasteiger partial charge >= 0.3 is 0 Å². The zero-order valence-electron chi connectivity index (χ0n) is 8.58. The third kappa shape index (κ3) is 2.05. The summed E-state index contributed by atoms with van der Waals surface area (Å²) in [5, 5.41) is 9.87. The molecular weight excluding hydrogens is 162 g/mol. The number of hydrogen-bond donors (Lipinski definition) is 1. The molecule has 2 nitrogen and oxygen atoms in total. The molecule has 2 rings (SSSR count). The van der Waals surface area contributed by atoms with Gasteiger partial charge in [0.1, 0.15) is 0 Å². The van der Waals surface area contributed by atoms with Crippen LogP contribution in [0.15, 0.2) is 0 Å². The monoisotopic (exact) mass is 183 g/mol. The predicted molar refractivity (Wildman–Crippen MR) is 53.6 cm³/mol. The quantitative estimate of drug-likeness (QED) is 0.668. The van der Waals surface area contributed by atoms with Crippen molar-refractivity contribution >= 4 is 0 Å². The number of likely N-dealkylation sites (tertiary alicyclic amines) is 1. The van der Waals surface area contributed by atoms with Gasteiger partial charge in [0.25, 0.3) is 0 Å². The second-order valence-corrected chi connectivity index (χ2v) is 4.81. The Morgan fingerprint density at radius 2 is 1.92 bits per heavy atom. The molecule has 0 aromatic rings. The van der Waals surface area contributed by atoms with Gasteiger partial charge in [0.2, 0.25) is 0 Å². The van der Waals surface area contributed by atoms with Crippen LogP contribution in [-0.4, -0.2) is 35.2 Å². The van der Waals surface area contributed by atoms with Crippen LogP contribution in [0.3, 0.4) is 0 Å². The first-order valence-electron chi connectivity index (χ1n) is 5.69. The Morgan fingerprint density at radius 3 is 2.54 bits per heavy atom. The average molecular weight is 183 g/mol. The Hall–Kier alpha value is -0.0800. The van der Waals surface area contributed by atoms with Gasteiger partial charge in [-0.3, -0.25) is 4.90 Å². The topological polar surface area (TPSA) is 23.5 Å². The van der Waals surface area contributed by atoms with E-state index in [1.54, 1.807) is 0 Å². The van der Waals surface area contributed by atoms with Gasteiger partial charge in [-0.25, -0.2) is 0 Å². The molecular formula is C11H21NO. The first-order valence-corrected chi connectivity index (χ1v) is 5.69. The molecule has 13 heavy (non-hydrogen) atoms. The van der Waals surface area contributed by atoms with Crippen molar-refractivity contribution in [2.45, 2.75) is 51.2 Å². The first-order chi connectivity index (χ1) is 6.27. The molecule has 3 atom stereocenters. The third-order valence-corrected chi connectivity index (χ3v) is 3.62. The lowest BCUT2D eigenvalue weighted by Crippen LogP contribution is -2.44. The molecule has 0 spiro atoms. The van der Waals surface area contributed by atoms with Gasteiger partial charge in [-0.05, 0) is 31.7 Å². The predicted octanol–water partition coefficient (Wildman–Crippen LogP) is 1.63. The number of hydrogen-bond acceptors (Lipinski definition) is 2. The molecule has 1 saturated carbocycles. The summed E-state index contributed by atoms with van der Waals surface area (Å²) in [6.45, 7) is 4.74. The lowest BCUT2D eigenvalue weighted by molar-refractivity contribution is 0.0297. The average Bonchev–Trinajstić information content (AvgIpc) is 2.53. The van der Waals surface area contributed by atoms with Crippen LogP contribution in [0.2, 0.25) is 0 Å². The normalized spacial score (nSPS) is 42.5. The molecule has 1 aliphatic carbocycles. The summed E-state index contributed by atoms with van der Waals surface area (Å²) in [6, 6.07) is 0.485. The second kappa shape index (κ2) is 3.97. The Labute approximate surface area is 80.9 Å². The van der Waals surface area contributed by atoms with E-state index >= 15 is 0 Å². The van der Waals surface area contributed by atoms with Gasteiger partial charge in [0.05, 0.1) is 6.10 Å². The third-order valence-electron chi connectivity index (χ3n) is 3.62. The van der Waals surface area contributed by atoms with Crippen molar-refractivity contribution in [1.82, 2.24) is 4.90 Å². The van der Waals surface area contributed by atoms with E-state index in [4.69, 9.17) is 0 Å². The molecule has 0 radical (unpaired) electrons. The molecule has 0 bridgehead atoms. The van der Waals surface area contributed by atoms with E-state index in [1.807, 2.05) is 0 Å². The van der Waals surface area contributed by atoms with Crippen molar-refractivity contribution in [2.24, 2.45) is 5.92 Å². The molecule has 0 aromatic heterocycles. The van der Waals surface area contributed by atoms with Crippen LogP contribution < -0.4 is 0 Å². The Balaban J connectivity index is 1.91. The summed E-state index contributed by atoms with van der Waals surface area (Å²) < 4.78 is 0. The van der Waals surface area contributed by atoms with Crippen molar-refractivity contribution < 1.29 is 5.11 Å². The highest BCUT2D eigenvalue weighted by Gasteiger charge is 2.32. The summed E-state index contributed by atoms with van der Waals surface area (Å²) in [4.78, 5) is 2.51. The second-order valence-electron chi connectivity index (χ2n) is 4.81. The maximum Gasteiger partial charge on any atom is 0.0695 e.